The Morgan fingerprint density at radius 2 is 1.75 bits per heavy atom. The summed E-state index contributed by atoms with van der Waals surface area (Å²) in [5, 5.41) is 12.3. The first-order valence-electron chi connectivity index (χ1n) is 7.02. The Bertz CT molecular complexity index is 537. The van der Waals surface area contributed by atoms with E-state index in [2.05, 4.69) is 62.5 Å². The molecule has 0 spiro atoms. The summed E-state index contributed by atoms with van der Waals surface area (Å²) in [5.74, 6) is 0. The van der Waals surface area contributed by atoms with E-state index in [-0.39, 0.29) is 12.0 Å². The molecule has 0 amide bonds. The average Bonchev–Trinajstić information content (AvgIpc) is 2.87. The minimum absolute atomic E-state index is 0.206. The van der Waals surface area contributed by atoms with E-state index in [1.54, 1.807) is 0 Å². The maximum absolute atomic E-state index is 8.89. The Morgan fingerprint density at radius 3 is 2.30 bits per heavy atom. The highest BCUT2D eigenvalue weighted by molar-refractivity contribution is 7.12. The van der Waals surface area contributed by atoms with Crippen LogP contribution in [0.25, 0.3) is 0 Å². The van der Waals surface area contributed by atoms with Gasteiger partial charge < -0.3 is 10.4 Å². The van der Waals surface area contributed by atoms with Gasteiger partial charge in [-0.15, -0.1) is 11.3 Å². The topological polar surface area (TPSA) is 32.3 Å². The highest BCUT2D eigenvalue weighted by Gasteiger charge is 2.15. The van der Waals surface area contributed by atoms with Gasteiger partial charge in [0.25, 0.3) is 0 Å². The predicted molar refractivity (Wildman–Crippen MR) is 87.6 cm³/mol. The van der Waals surface area contributed by atoms with Gasteiger partial charge in [-0.1, -0.05) is 32.9 Å². The minimum Gasteiger partial charge on any atom is -0.396 e. The summed E-state index contributed by atoms with van der Waals surface area (Å²) in [6.45, 7) is 7.80. The third-order valence-corrected chi connectivity index (χ3v) is 4.73. The molecular formula is C17H23NOS. The molecule has 108 valence electrons. The van der Waals surface area contributed by atoms with Gasteiger partial charge in [-0.2, -0.15) is 0 Å². The molecule has 2 nitrogen and oxygen atoms in total. The lowest BCUT2D eigenvalue weighted by atomic mass is 9.95. The first-order chi connectivity index (χ1) is 9.49. The Kier molecular flexibility index (Phi) is 4.84. The van der Waals surface area contributed by atoms with Crippen LogP contribution < -0.4 is 5.32 Å². The SMILES string of the molecule is CC(C)(C)c1ccc(CNc2ccc(CCO)cc2)s1. The molecule has 1 aromatic carbocycles. The molecule has 1 heterocycles. The number of thiophene rings is 1. The number of anilines is 1. The number of aliphatic hydroxyl groups is 1. The summed E-state index contributed by atoms with van der Waals surface area (Å²) in [4.78, 5) is 2.78. The maximum atomic E-state index is 8.89. The molecule has 20 heavy (non-hydrogen) atoms. The number of hydrogen-bond acceptors (Lipinski definition) is 3. The largest absolute Gasteiger partial charge is 0.396 e. The summed E-state index contributed by atoms with van der Waals surface area (Å²) in [5.41, 5.74) is 2.52. The van der Waals surface area contributed by atoms with Crippen molar-refractivity contribution in [1.29, 1.82) is 0 Å². The zero-order valence-electron chi connectivity index (χ0n) is 12.4. The molecule has 2 N–H and O–H groups in total. The molecule has 3 heteroatoms. The monoisotopic (exact) mass is 289 g/mol. The summed E-state index contributed by atoms with van der Waals surface area (Å²) < 4.78 is 0. The second-order valence-electron chi connectivity index (χ2n) is 6.04. The molecule has 0 unspecified atom stereocenters. The van der Waals surface area contributed by atoms with E-state index in [1.807, 2.05) is 11.3 Å². The molecule has 0 saturated carbocycles. The highest BCUT2D eigenvalue weighted by atomic mass is 32.1. The van der Waals surface area contributed by atoms with Crippen LogP contribution in [-0.4, -0.2) is 11.7 Å². The molecule has 0 saturated heterocycles. The van der Waals surface area contributed by atoms with Gasteiger partial charge >= 0.3 is 0 Å². The Hall–Kier alpha value is -1.32. The molecule has 1 aromatic heterocycles. The first-order valence-corrected chi connectivity index (χ1v) is 7.83. The fraction of sp³-hybridized carbons (Fsp3) is 0.412. The lowest BCUT2D eigenvalue weighted by Crippen LogP contribution is -2.07. The van der Waals surface area contributed by atoms with E-state index in [0.29, 0.717) is 0 Å². The molecule has 0 aliphatic heterocycles. The molecule has 0 atom stereocenters. The van der Waals surface area contributed by atoms with Crippen molar-refractivity contribution in [3.05, 3.63) is 51.7 Å². The van der Waals surface area contributed by atoms with E-state index >= 15 is 0 Å². The normalized spacial score (nSPS) is 11.6. The van der Waals surface area contributed by atoms with E-state index in [9.17, 15) is 0 Å². The van der Waals surface area contributed by atoms with E-state index < -0.39 is 0 Å². The van der Waals surface area contributed by atoms with Crippen LogP contribution in [-0.2, 0) is 18.4 Å². The predicted octanol–water partition coefficient (Wildman–Crippen LogP) is 4.19. The van der Waals surface area contributed by atoms with Gasteiger partial charge in [-0.25, -0.2) is 0 Å². The summed E-state index contributed by atoms with van der Waals surface area (Å²) in [6.07, 6.45) is 0.722. The van der Waals surface area contributed by atoms with Crippen molar-refractivity contribution >= 4 is 17.0 Å². The molecule has 0 radical (unpaired) electrons. The Morgan fingerprint density at radius 1 is 1.05 bits per heavy atom. The molecule has 0 bridgehead atoms. The average molecular weight is 289 g/mol. The molecule has 2 rings (SSSR count). The van der Waals surface area contributed by atoms with Crippen LogP contribution in [0.1, 0.15) is 36.1 Å². The minimum atomic E-state index is 0.206. The van der Waals surface area contributed by atoms with Gasteiger partial charge in [-0.05, 0) is 41.7 Å². The molecule has 2 aromatic rings. The summed E-state index contributed by atoms with van der Waals surface area (Å²) in [6, 6.07) is 12.7. The standard InChI is InChI=1S/C17H23NOS/c1-17(2,3)16-9-8-15(20-16)12-18-14-6-4-13(5-7-14)10-11-19/h4-9,18-19H,10-12H2,1-3H3. The van der Waals surface area contributed by atoms with Crippen molar-refractivity contribution in [3.63, 3.8) is 0 Å². The van der Waals surface area contributed by atoms with Gasteiger partial charge in [0.1, 0.15) is 0 Å². The molecule has 0 fully saturated rings. The van der Waals surface area contributed by atoms with Crippen LogP contribution in [0.4, 0.5) is 5.69 Å². The van der Waals surface area contributed by atoms with Crippen molar-refractivity contribution in [1.82, 2.24) is 0 Å². The number of aliphatic hydroxyl groups excluding tert-OH is 1. The van der Waals surface area contributed by atoms with Crippen molar-refractivity contribution in [3.8, 4) is 0 Å². The van der Waals surface area contributed by atoms with Gasteiger partial charge in [0.05, 0.1) is 0 Å². The van der Waals surface area contributed by atoms with Crippen LogP contribution in [0.3, 0.4) is 0 Å². The zero-order chi connectivity index (χ0) is 14.6. The second-order valence-corrected chi connectivity index (χ2v) is 7.21. The van der Waals surface area contributed by atoms with Crippen LogP contribution >= 0.6 is 11.3 Å². The van der Waals surface area contributed by atoms with Crippen molar-refractivity contribution in [2.45, 2.75) is 39.2 Å². The molecule has 0 aliphatic carbocycles. The maximum Gasteiger partial charge on any atom is 0.0494 e. The van der Waals surface area contributed by atoms with Crippen LogP contribution in [0, 0.1) is 0 Å². The third kappa shape index (κ3) is 4.09. The lowest BCUT2D eigenvalue weighted by Gasteiger charge is -2.15. The Labute approximate surface area is 125 Å². The van der Waals surface area contributed by atoms with Gasteiger partial charge in [-0.3, -0.25) is 0 Å². The number of benzene rings is 1. The summed E-state index contributed by atoms with van der Waals surface area (Å²) in [7, 11) is 0. The fourth-order valence-electron chi connectivity index (χ4n) is 1.98. The van der Waals surface area contributed by atoms with Gasteiger partial charge in [0.2, 0.25) is 0 Å². The van der Waals surface area contributed by atoms with Crippen molar-refractivity contribution in [2.24, 2.45) is 0 Å². The zero-order valence-corrected chi connectivity index (χ0v) is 13.3. The highest BCUT2D eigenvalue weighted by Crippen LogP contribution is 2.29. The quantitative estimate of drug-likeness (QED) is 0.865. The summed E-state index contributed by atoms with van der Waals surface area (Å²) >= 11 is 1.87. The molecule has 0 aliphatic rings. The van der Waals surface area contributed by atoms with Crippen molar-refractivity contribution in [2.75, 3.05) is 11.9 Å². The van der Waals surface area contributed by atoms with Crippen molar-refractivity contribution < 1.29 is 5.11 Å². The lowest BCUT2D eigenvalue weighted by molar-refractivity contribution is 0.299. The smallest absolute Gasteiger partial charge is 0.0494 e. The van der Waals surface area contributed by atoms with Gasteiger partial charge in [0.15, 0.2) is 0 Å². The van der Waals surface area contributed by atoms with Crippen LogP contribution in [0.5, 0.6) is 0 Å². The first kappa shape index (κ1) is 15.1. The fourth-order valence-corrected chi connectivity index (χ4v) is 2.99. The Balaban J connectivity index is 1.93. The second kappa shape index (κ2) is 6.42. The van der Waals surface area contributed by atoms with E-state index in [4.69, 9.17) is 5.11 Å². The van der Waals surface area contributed by atoms with Gasteiger partial charge in [0, 0.05) is 28.6 Å². The van der Waals surface area contributed by atoms with E-state index in [0.717, 1.165) is 18.7 Å². The number of hydrogen-bond donors (Lipinski definition) is 2. The third-order valence-electron chi connectivity index (χ3n) is 3.22. The van der Waals surface area contributed by atoms with E-state index in [1.165, 1.54) is 15.3 Å². The molecular weight excluding hydrogens is 266 g/mol. The van der Waals surface area contributed by atoms with Crippen LogP contribution in [0.2, 0.25) is 0 Å². The number of rotatable bonds is 5. The number of nitrogens with one attached hydrogen (secondary N) is 1. The van der Waals surface area contributed by atoms with Crippen LogP contribution in [0.15, 0.2) is 36.4 Å².